The molecule has 0 N–H and O–H groups in total. The van der Waals surface area contributed by atoms with Crippen LogP contribution in [0.15, 0.2) is 30.8 Å². The molecular weight excluding hydrogens is 280 g/mol. The molecule has 0 heterocycles. The highest BCUT2D eigenvalue weighted by Crippen LogP contribution is 2.20. The molecular formula is C17H28O3Si. The first-order chi connectivity index (χ1) is 10.1. The second-order valence-corrected chi connectivity index (χ2v) is 7.69. The van der Waals surface area contributed by atoms with Gasteiger partial charge in [0.2, 0.25) is 0 Å². The molecule has 0 aliphatic heterocycles. The minimum Gasteiger partial charge on any atom is -0.374 e. The monoisotopic (exact) mass is 308 g/mol. The lowest BCUT2D eigenvalue weighted by molar-refractivity contribution is 0.0714. The Morgan fingerprint density at radius 1 is 0.952 bits per heavy atom. The topological polar surface area (TPSA) is 27.7 Å². The van der Waals surface area contributed by atoms with Gasteiger partial charge in [0, 0.05) is 25.9 Å². The molecule has 1 aromatic rings. The summed E-state index contributed by atoms with van der Waals surface area (Å²) >= 11 is 0. The van der Waals surface area contributed by atoms with Gasteiger partial charge in [-0.05, 0) is 45.2 Å². The molecule has 0 amide bonds. The highest BCUT2D eigenvalue weighted by Gasteiger charge is 2.39. The highest BCUT2D eigenvalue weighted by molar-refractivity contribution is 6.60. The molecule has 1 aromatic carbocycles. The van der Waals surface area contributed by atoms with Crippen LogP contribution >= 0.6 is 0 Å². The molecule has 1 rings (SSSR count). The number of benzene rings is 1. The minimum atomic E-state index is -2.53. The summed E-state index contributed by atoms with van der Waals surface area (Å²) in [7, 11) is -2.53. The van der Waals surface area contributed by atoms with Crippen molar-refractivity contribution in [2.24, 2.45) is 0 Å². The van der Waals surface area contributed by atoms with E-state index in [1.807, 2.05) is 27.7 Å². The Labute approximate surface area is 130 Å². The third-order valence-electron chi connectivity index (χ3n) is 3.26. The van der Waals surface area contributed by atoms with Gasteiger partial charge < -0.3 is 13.3 Å². The van der Waals surface area contributed by atoms with E-state index < -0.39 is 8.80 Å². The SMILES string of the molecule is C=C(C)c1ccc(CC[Si](OCC)(OCC)OCC)cc1. The van der Waals surface area contributed by atoms with Crippen molar-refractivity contribution < 1.29 is 13.3 Å². The third kappa shape index (κ3) is 5.75. The van der Waals surface area contributed by atoms with Crippen LogP contribution in [0.5, 0.6) is 0 Å². The number of aryl methyl sites for hydroxylation is 1. The standard InChI is InChI=1S/C17H28O3Si/c1-6-18-21(19-7-2,20-8-3)14-13-16-9-11-17(12-10-16)15(4)5/h9-12H,4,6-8,13-14H2,1-3,5H3. The molecule has 0 aliphatic carbocycles. The predicted octanol–water partition coefficient (Wildman–Crippen LogP) is 4.31. The summed E-state index contributed by atoms with van der Waals surface area (Å²) in [6.45, 7) is 13.8. The van der Waals surface area contributed by atoms with Gasteiger partial charge in [-0.2, -0.15) is 0 Å². The molecule has 4 heteroatoms. The predicted molar refractivity (Wildman–Crippen MR) is 90.3 cm³/mol. The normalized spacial score (nSPS) is 11.6. The zero-order valence-electron chi connectivity index (χ0n) is 13.8. The lowest BCUT2D eigenvalue weighted by Crippen LogP contribution is -2.46. The van der Waals surface area contributed by atoms with Crippen molar-refractivity contribution in [2.75, 3.05) is 19.8 Å². The van der Waals surface area contributed by atoms with E-state index in [0.717, 1.165) is 18.0 Å². The summed E-state index contributed by atoms with van der Waals surface area (Å²) in [6, 6.07) is 9.33. The summed E-state index contributed by atoms with van der Waals surface area (Å²) in [4.78, 5) is 0. The Hall–Kier alpha value is -0.943. The fourth-order valence-electron chi connectivity index (χ4n) is 2.25. The Kier molecular flexibility index (Phi) is 7.89. The molecule has 118 valence electrons. The van der Waals surface area contributed by atoms with E-state index in [1.54, 1.807) is 0 Å². The molecule has 0 atom stereocenters. The molecule has 3 nitrogen and oxygen atoms in total. The summed E-state index contributed by atoms with van der Waals surface area (Å²) in [5, 5.41) is 0. The summed E-state index contributed by atoms with van der Waals surface area (Å²) < 4.78 is 17.6. The zero-order valence-corrected chi connectivity index (χ0v) is 14.8. The van der Waals surface area contributed by atoms with Crippen LogP contribution in [-0.2, 0) is 19.7 Å². The average Bonchev–Trinajstić information content (AvgIpc) is 2.46. The first kappa shape index (κ1) is 18.1. The molecule has 0 radical (unpaired) electrons. The van der Waals surface area contributed by atoms with Crippen molar-refractivity contribution in [1.29, 1.82) is 0 Å². The maximum Gasteiger partial charge on any atom is 0.501 e. The number of hydrogen-bond donors (Lipinski definition) is 0. The van der Waals surface area contributed by atoms with Crippen LogP contribution in [0.3, 0.4) is 0 Å². The minimum absolute atomic E-state index is 0.626. The Morgan fingerprint density at radius 3 is 1.81 bits per heavy atom. The summed E-state index contributed by atoms with van der Waals surface area (Å²) in [5.41, 5.74) is 3.54. The van der Waals surface area contributed by atoms with E-state index in [1.165, 1.54) is 11.1 Å². The number of rotatable bonds is 10. The van der Waals surface area contributed by atoms with E-state index >= 15 is 0 Å². The Morgan fingerprint density at radius 2 is 1.43 bits per heavy atom. The largest absolute Gasteiger partial charge is 0.501 e. The van der Waals surface area contributed by atoms with Crippen molar-refractivity contribution in [2.45, 2.75) is 40.2 Å². The molecule has 0 spiro atoms. The van der Waals surface area contributed by atoms with Gasteiger partial charge in [0.05, 0.1) is 0 Å². The van der Waals surface area contributed by atoms with E-state index in [2.05, 4.69) is 30.8 Å². The lowest BCUT2D eigenvalue weighted by Gasteiger charge is -2.28. The summed E-state index contributed by atoms with van der Waals surface area (Å²) in [6.07, 6.45) is 0.905. The fourth-order valence-corrected chi connectivity index (χ4v) is 4.85. The summed E-state index contributed by atoms with van der Waals surface area (Å²) in [5.74, 6) is 0. The van der Waals surface area contributed by atoms with Crippen LogP contribution in [0.1, 0.15) is 38.8 Å². The quantitative estimate of drug-likeness (QED) is 0.603. The van der Waals surface area contributed by atoms with Gasteiger partial charge in [0.1, 0.15) is 0 Å². The van der Waals surface area contributed by atoms with Gasteiger partial charge in [-0.3, -0.25) is 0 Å². The fraction of sp³-hybridized carbons (Fsp3) is 0.529. The van der Waals surface area contributed by atoms with Gasteiger partial charge >= 0.3 is 8.80 Å². The van der Waals surface area contributed by atoms with Crippen LogP contribution in [0.2, 0.25) is 6.04 Å². The van der Waals surface area contributed by atoms with Gasteiger partial charge in [-0.15, -0.1) is 0 Å². The van der Waals surface area contributed by atoms with Crippen LogP contribution in [0.4, 0.5) is 0 Å². The smallest absolute Gasteiger partial charge is 0.374 e. The first-order valence-electron chi connectivity index (χ1n) is 7.73. The van der Waals surface area contributed by atoms with Crippen molar-refractivity contribution >= 4 is 14.4 Å². The third-order valence-corrected chi connectivity index (χ3v) is 6.31. The van der Waals surface area contributed by atoms with E-state index in [-0.39, 0.29) is 0 Å². The van der Waals surface area contributed by atoms with Crippen molar-refractivity contribution in [3.63, 3.8) is 0 Å². The van der Waals surface area contributed by atoms with E-state index in [4.69, 9.17) is 13.3 Å². The van der Waals surface area contributed by atoms with Gasteiger partial charge in [0.25, 0.3) is 0 Å². The lowest BCUT2D eigenvalue weighted by atomic mass is 10.1. The molecule has 0 unspecified atom stereocenters. The van der Waals surface area contributed by atoms with E-state index in [0.29, 0.717) is 19.8 Å². The average molecular weight is 308 g/mol. The van der Waals surface area contributed by atoms with Crippen molar-refractivity contribution in [3.8, 4) is 0 Å². The Balaban J connectivity index is 2.72. The van der Waals surface area contributed by atoms with Crippen LogP contribution in [0.25, 0.3) is 5.57 Å². The van der Waals surface area contributed by atoms with Crippen LogP contribution < -0.4 is 0 Å². The highest BCUT2D eigenvalue weighted by atomic mass is 28.4. The van der Waals surface area contributed by atoms with Crippen LogP contribution in [-0.4, -0.2) is 28.6 Å². The van der Waals surface area contributed by atoms with Crippen LogP contribution in [0, 0.1) is 0 Å². The first-order valence-corrected chi connectivity index (χ1v) is 9.66. The molecule has 0 bridgehead atoms. The Bertz CT molecular complexity index is 411. The molecule has 0 aliphatic rings. The van der Waals surface area contributed by atoms with Gasteiger partial charge in [0.15, 0.2) is 0 Å². The second-order valence-electron chi connectivity index (χ2n) is 4.96. The molecule has 0 saturated heterocycles. The van der Waals surface area contributed by atoms with Gasteiger partial charge in [-0.1, -0.05) is 36.4 Å². The molecule has 0 saturated carbocycles. The number of allylic oxidation sites excluding steroid dienone is 1. The number of hydrogen-bond acceptors (Lipinski definition) is 3. The maximum atomic E-state index is 5.87. The van der Waals surface area contributed by atoms with Crippen molar-refractivity contribution in [1.82, 2.24) is 0 Å². The molecule has 0 fully saturated rings. The molecule has 21 heavy (non-hydrogen) atoms. The zero-order chi connectivity index (χ0) is 15.7. The second kappa shape index (κ2) is 9.15. The maximum absolute atomic E-state index is 5.87. The van der Waals surface area contributed by atoms with E-state index in [9.17, 15) is 0 Å². The van der Waals surface area contributed by atoms with Gasteiger partial charge in [-0.25, -0.2) is 0 Å². The molecule has 0 aromatic heterocycles. The van der Waals surface area contributed by atoms with Crippen molar-refractivity contribution in [3.05, 3.63) is 42.0 Å².